The van der Waals surface area contributed by atoms with Gasteiger partial charge >= 0.3 is 0 Å². The van der Waals surface area contributed by atoms with E-state index in [1.807, 2.05) is 45.3 Å². The summed E-state index contributed by atoms with van der Waals surface area (Å²) in [6.07, 6.45) is 40.7. The average molecular weight is 1370 g/mol. The van der Waals surface area contributed by atoms with Crippen LogP contribution in [-0.2, 0) is 42.9 Å². The second-order valence-electron chi connectivity index (χ2n) is 26.5. The monoisotopic (exact) mass is 1370 g/mol. The summed E-state index contributed by atoms with van der Waals surface area (Å²) in [6.45, 7) is 13.9. The topological polar surface area (TPSA) is 0 Å². The summed E-state index contributed by atoms with van der Waals surface area (Å²) in [5, 5.41) is 4.67. The summed E-state index contributed by atoms with van der Waals surface area (Å²) >= 11 is 12.0. The van der Waals surface area contributed by atoms with Crippen molar-refractivity contribution in [2.24, 2.45) is 0 Å². The van der Waals surface area contributed by atoms with Gasteiger partial charge in [0.15, 0.2) is 0 Å². The molecule has 0 saturated heterocycles. The summed E-state index contributed by atoms with van der Waals surface area (Å²) in [4.78, 5) is 5.65. The van der Waals surface area contributed by atoms with Crippen LogP contribution in [0.5, 0.6) is 0 Å². The van der Waals surface area contributed by atoms with Crippen LogP contribution >= 0.6 is 68.0 Å². The van der Waals surface area contributed by atoms with E-state index in [4.69, 9.17) is 12.8 Å². The van der Waals surface area contributed by atoms with E-state index in [0.29, 0.717) is 0 Å². The zero-order valence-corrected chi connectivity index (χ0v) is 62.4. The molecule has 2 aliphatic rings. The fourth-order valence-corrected chi connectivity index (χ4v) is 23.6. The maximum Gasteiger partial charge on any atom is 0.0760 e. The van der Waals surface area contributed by atoms with Crippen molar-refractivity contribution < 1.29 is 0 Å². The van der Waals surface area contributed by atoms with E-state index in [2.05, 4.69) is 243 Å². The van der Waals surface area contributed by atoms with Crippen molar-refractivity contribution in [1.82, 2.24) is 0 Å². The smallest absolute Gasteiger partial charge is 0.0760 e. The molecule has 10 aromatic rings. The van der Waals surface area contributed by atoms with Crippen LogP contribution in [0.1, 0.15) is 252 Å². The van der Waals surface area contributed by atoms with Gasteiger partial charge in [-0.05, 0) is 245 Å². The number of hydrogen-bond acceptors (Lipinski definition) is 6. The lowest BCUT2D eigenvalue weighted by atomic mass is 9.66. The fraction of sp³-hybridized carbons (Fsp3) is 0.363. The Labute approximate surface area is 604 Å². The minimum Gasteiger partial charge on any atom is -0.143 e. The summed E-state index contributed by atoms with van der Waals surface area (Å²) in [7, 11) is 0. The molecular weight excluding hydrogens is 1290 g/mol. The van der Waals surface area contributed by atoms with Crippen molar-refractivity contribution in [3.63, 3.8) is 0 Å². The summed E-state index contributed by atoms with van der Waals surface area (Å²) in [6, 6.07) is 35.3. The molecule has 12 rings (SSSR count). The molecule has 0 radical (unpaired) electrons. The second kappa shape index (κ2) is 32.8. The van der Waals surface area contributed by atoms with E-state index in [-0.39, 0.29) is 0 Å². The van der Waals surface area contributed by atoms with Crippen molar-refractivity contribution >= 4 is 96.2 Å². The van der Waals surface area contributed by atoms with Crippen molar-refractivity contribution in [2.75, 3.05) is 0 Å². The quantitative estimate of drug-likeness (QED) is 0.0324. The molecule has 0 N–H and O–H groups in total. The first-order valence-electron chi connectivity index (χ1n) is 35.8. The van der Waals surface area contributed by atoms with Gasteiger partial charge in [-0.2, -0.15) is 0 Å². The third-order valence-corrected chi connectivity index (χ3v) is 26.9. The van der Waals surface area contributed by atoms with E-state index in [9.17, 15) is 0 Å². The van der Waals surface area contributed by atoms with E-state index < -0.39 is 10.8 Å². The van der Waals surface area contributed by atoms with Gasteiger partial charge in [0, 0.05) is 42.8 Å². The van der Waals surface area contributed by atoms with E-state index in [0.717, 1.165) is 61.6 Å². The zero-order chi connectivity index (χ0) is 67.1. The number of hydrogen-bond donors (Lipinski definition) is 0. The molecule has 0 saturated carbocycles. The van der Waals surface area contributed by atoms with Crippen molar-refractivity contribution in [3.8, 4) is 115 Å². The molecule has 1 atom stereocenters. The van der Waals surface area contributed by atoms with Gasteiger partial charge in [0.25, 0.3) is 0 Å². The molecule has 6 aromatic heterocycles. The van der Waals surface area contributed by atoms with Crippen LogP contribution in [0.3, 0.4) is 0 Å². The van der Waals surface area contributed by atoms with Gasteiger partial charge in [0.1, 0.15) is 0 Å². The Bertz CT molecular complexity index is 4900. The van der Waals surface area contributed by atoms with Crippen LogP contribution in [0.25, 0.3) is 47.7 Å². The van der Waals surface area contributed by atoms with Crippen LogP contribution in [0.15, 0.2) is 95.7 Å². The summed E-state index contributed by atoms with van der Waals surface area (Å²) in [5.41, 5.74) is 19.9. The predicted octanol–water partition coefficient (Wildman–Crippen LogP) is 25.1. The molecule has 0 nitrogen and oxygen atoms in total. The van der Waals surface area contributed by atoms with Crippen LogP contribution in [0.2, 0.25) is 0 Å². The Balaban J connectivity index is 1.23. The maximum absolute atomic E-state index is 5.51. The molecule has 0 amide bonds. The highest BCUT2D eigenvalue weighted by atomic mass is 32.1. The normalized spacial score (nSPS) is 13.5. The Kier molecular flexibility index (Phi) is 23.4. The minimum atomic E-state index is -0.799. The molecule has 1 unspecified atom stereocenters. The molecule has 0 aliphatic heterocycles. The lowest BCUT2D eigenvalue weighted by Crippen LogP contribution is -2.30. The molecule has 0 fully saturated rings. The van der Waals surface area contributed by atoms with E-state index >= 15 is 0 Å². The van der Waals surface area contributed by atoms with E-state index in [1.165, 1.54) is 236 Å². The average Bonchev–Trinajstić information content (AvgIpc) is 1.48. The Morgan fingerprint density at radius 1 is 0.320 bits per heavy atom. The largest absolute Gasteiger partial charge is 0.143 e. The Hall–Kier alpha value is -7.66. The number of thiophene rings is 6. The van der Waals surface area contributed by atoms with Gasteiger partial charge in [-0.1, -0.05) is 191 Å². The summed E-state index contributed by atoms with van der Waals surface area (Å²) in [5.74, 6) is 40.9. The fourth-order valence-electron chi connectivity index (χ4n) is 15.3. The van der Waals surface area contributed by atoms with Crippen molar-refractivity contribution in [2.45, 2.75) is 213 Å². The van der Waals surface area contributed by atoms with Crippen LogP contribution in [-0.4, -0.2) is 0 Å². The van der Waals surface area contributed by atoms with Crippen LogP contribution in [0.4, 0.5) is 0 Å². The first-order chi connectivity index (χ1) is 47.7. The molecule has 97 heavy (non-hydrogen) atoms. The molecule has 0 spiro atoms. The van der Waals surface area contributed by atoms with Crippen LogP contribution < -0.4 is 0 Å². The SMILES string of the molecule is C#CC#CC#CC#Cc1cc(C)cc(C2(c3cc(C#CC#CC#CC#C)cc(CCCCCC)c3)c3c(sc4ccsc34)-c3sc4c5c(sc4c32)-c2sc3ccsc3c2C5(c2cc(CCCCCC)cc(CCCCCC)c2)c2cc(CCCCCC)cc(CCCCCC)c2)c1. The molecular formula is C91H86S6. The molecule has 486 valence electrons. The van der Waals surface area contributed by atoms with E-state index in [1.54, 1.807) is 0 Å². The molecule has 6 heteroatoms. The Morgan fingerprint density at radius 2 is 0.639 bits per heavy atom. The van der Waals surface area contributed by atoms with Gasteiger partial charge in [-0.25, -0.2) is 0 Å². The first kappa shape index (κ1) is 69.2. The maximum atomic E-state index is 5.51. The lowest BCUT2D eigenvalue weighted by Gasteiger charge is -2.35. The lowest BCUT2D eigenvalue weighted by molar-refractivity contribution is 0.656. The highest BCUT2D eigenvalue weighted by molar-refractivity contribution is 7.37. The van der Waals surface area contributed by atoms with Gasteiger partial charge in [0.05, 0.1) is 49.1 Å². The Morgan fingerprint density at radius 3 is 1.02 bits per heavy atom. The number of benzene rings is 4. The van der Waals surface area contributed by atoms with Crippen molar-refractivity contribution in [3.05, 3.63) is 185 Å². The molecule has 6 heterocycles. The molecule has 2 aliphatic carbocycles. The number of aryl methyl sites for hydroxylation is 6. The van der Waals surface area contributed by atoms with Gasteiger partial charge in [0.2, 0.25) is 0 Å². The van der Waals surface area contributed by atoms with Gasteiger partial charge in [-0.3, -0.25) is 0 Å². The van der Waals surface area contributed by atoms with Gasteiger partial charge in [-0.15, -0.1) is 80.9 Å². The van der Waals surface area contributed by atoms with Crippen molar-refractivity contribution in [1.29, 1.82) is 0 Å². The number of fused-ring (bicyclic) bond motifs is 13. The third-order valence-electron chi connectivity index (χ3n) is 19.6. The standard InChI is InChI=1S/C91H86S6/c1-9-16-23-30-32-39-41-65-52-64(8)53-72(57-65)90(73-58-66(42-34-25-18-11-3)56-71(59-73)47-40-33-31-24-17-10-2)78-82-76(48-50-92-82)94-84(78)86-80(90)88-89(96-86)81-87(97-88)85-79(83-77(95-85)49-51-93-83)91(81,74-60-67(43-35-26-19-12-4)54-68(61-74)44-36-27-20-13-5)75-62-69(45-37-28-21-14-6)55-70(63-75)46-38-29-22-15-7/h1-2,48-63H,11-15,18-22,25-29,34-38,42-46H2,3-8H3. The highest BCUT2D eigenvalue weighted by Crippen LogP contribution is 2.72. The molecule has 4 aromatic carbocycles. The third kappa shape index (κ3) is 14.3. The summed E-state index contributed by atoms with van der Waals surface area (Å²) < 4.78 is 8.32. The number of rotatable bonds is 29. The minimum absolute atomic E-state index is 0.606. The highest BCUT2D eigenvalue weighted by Gasteiger charge is 2.56. The second-order valence-corrected chi connectivity index (χ2v) is 32.5. The zero-order valence-electron chi connectivity index (χ0n) is 57.5. The van der Waals surface area contributed by atoms with Gasteiger partial charge < -0.3 is 0 Å². The number of terminal acetylenes is 2. The molecule has 0 bridgehead atoms. The predicted molar refractivity (Wildman–Crippen MR) is 427 cm³/mol. The first-order valence-corrected chi connectivity index (χ1v) is 40.8. The number of unbranched alkanes of at least 4 members (excludes halogenated alkanes) is 15. The van der Waals surface area contributed by atoms with Crippen LogP contribution in [0, 0.1) is 103 Å².